The lowest BCUT2D eigenvalue weighted by atomic mass is 9.97. The van der Waals surface area contributed by atoms with Crippen LogP contribution < -0.4 is 14.8 Å². The van der Waals surface area contributed by atoms with Crippen LogP contribution in [-0.4, -0.2) is 36.1 Å². The summed E-state index contributed by atoms with van der Waals surface area (Å²) in [6, 6.07) is 6.26. The van der Waals surface area contributed by atoms with Gasteiger partial charge in [0.15, 0.2) is 0 Å². The van der Waals surface area contributed by atoms with Gasteiger partial charge in [0.2, 0.25) is 0 Å². The molecule has 3 aromatic heterocycles. The number of aromatic nitrogens is 3. The van der Waals surface area contributed by atoms with Gasteiger partial charge < -0.3 is 4.90 Å². The minimum atomic E-state index is 0.999. The van der Waals surface area contributed by atoms with Gasteiger partial charge in [0.25, 0.3) is 5.82 Å². The maximum absolute atomic E-state index is 4.70. The number of nitrogens with zero attached hydrogens (tertiary/aromatic N) is 4. The lowest BCUT2D eigenvalue weighted by Crippen LogP contribution is -2.48. The number of thiophene rings is 1. The summed E-state index contributed by atoms with van der Waals surface area (Å²) in [5, 5.41) is 1.34. The largest absolute Gasteiger partial charge is 0.348 e. The van der Waals surface area contributed by atoms with Gasteiger partial charge in [-0.1, -0.05) is 6.07 Å². The summed E-state index contributed by atoms with van der Waals surface area (Å²) < 4.78 is 0. The Morgan fingerprint density at radius 2 is 1.80 bits per heavy atom. The zero-order chi connectivity index (χ0) is 16.6. The lowest BCUT2D eigenvalue weighted by Gasteiger charge is -2.32. The van der Waals surface area contributed by atoms with Gasteiger partial charge in [0, 0.05) is 10.9 Å². The molecule has 0 spiro atoms. The number of hydrogen-bond acceptors (Lipinski definition) is 5. The molecule has 0 unspecified atom stereocenters. The predicted octanol–water partition coefficient (Wildman–Crippen LogP) is 2.71. The topological polar surface area (TPSA) is 46.4 Å². The first-order valence-corrected chi connectivity index (χ1v) is 9.93. The Labute approximate surface area is 151 Å². The van der Waals surface area contributed by atoms with E-state index in [4.69, 9.17) is 4.98 Å². The minimum absolute atomic E-state index is 0.999. The van der Waals surface area contributed by atoms with Crippen LogP contribution in [0.5, 0.6) is 0 Å². The summed E-state index contributed by atoms with van der Waals surface area (Å²) in [5.41, 5.74) is 1.53. The third-order valence-corrected chi connectivity index (χ3v) is 6.54. The second-order valence-corrected chi connectivity index (χ2v) is 7.89. The highest BCUT2D eigenvalue weighted by molar-refractivity contribution is 7.19. The molecule has 6 heteroatoms. The highest BCUT2D eigenvalue weighted by Crippen LogP contribution is 2.39. The van der Waals surface area contributed by atoms with Gasteiger partial charge in [0.05, 0.1) is 24.7 Å². The molecule has 0 amide bonds. The molecule has 0 aromatic carbocycles. The van der Waals surface area contributed by atoms with Crippen LogP contribution in [0.15, 0.2) is 30.7 Å². The number of anilines is 2. The summed E-state index contributed by atoms with van der Waals surface area (Å²) in [5.74, 6) is 2.35. The van der Waals surface area contributed by atoms with Crippen molar-refractivity contribution in [3.05, 3.63) is 41.2 Å². The summed E-state index contributed by atoms with van der Waals surface area (Å²) in [7, 11) is 0. The van der Waals surface area contributed by atoms with Crippen molar-refractivity contribution in [2.45, 2.75) is 25.7 Å². The summed E-state index contributed by atoms with van der Waals surface area (Å²) >= 11 is 1.88. The number of aryl methyl sites for hydroxylation is 2. The fourth-order valence-corrected chi connectivity index (χ4v) is 5.28. The molecule has 2 aliphatic rings. The zero-order valence-electron chi connectivity index (χ0n) is 14.2. The van der Waals surface area contributed by atoms with Crippen molar-refractivity contribution in [3.8, 4) is 0 Å². The van der Waals surface area contributed by atoms with Crippen LogP contribution in [-0.2, 0) is 12.8 Å². The normalized spacial score (nSPS) is 17.8. The standard InChI is InChI=1S/C19H21N5S/c1-2-6-15-14(5-1)17-18(21-13-22-19(17)25-15)24-11-9-23(10-12-24)16-7-3-4-8-20-16/h3-4,7-8,13H,1-2,5-6,9-12H2/p+1. The molecule has 0 radical (unpaired) electrons. The molecule has 0 saturated carbocycles. The summed E-state index contributed by atoms with van der Waals surface area (Å²) in [6.07, 6.45) is 8.76. The number of piperazine rings is 1. The van der Waals surface area contributed by atoms with Crippen LogP contribution in [0.2, 0.25) is 0 Å². The molecular formula is C19H22N5S+. The van der Waals surface area contributed by atoms with Gasteiger partial charge in [-0.2, -0.15) is 0 Å². The van der Waals surface area contributed by atoms with Crippen molar-refractivity contribution in [1.82, 2.24) is 9.97 Å². The van der Waals surface area contributed by atoms with Crippen molar-refractivity contribution in [2.24, 2.45) is 0 Å². The number of rotatable bonds is 2. The average Bonchev–Trinajstić information content (AvgIpc) is 3.08. The molecule has 25 heavy (non-hydrogen) atoms. The maximum atomic E-state index is 4.70. The summed E-state index contributed by atoms with van der Waals surface area (Å²) in [6.45, 7) is 4.02. The van der Waals surface area contributed by atoms with Gasteiger partial charge in [-0.15, -0.1) is 11.3 Å². The molecule has 1 saturated heterocycles. The Morgan fingerprint density at radius 3 is 2.64 bits per heavy atom. The van der Waals surface area contributed by atoms with E-state index in [1.807, 2.05) is 23.6 Å². The van der Waals surface area contributed by atoms with Gasteiger partial charge in [-0.25, -0.2) is 15.0 Å². The molecular weight excluding hydrogens is 330 g/mol. The third-order valence-electron chi connectivity index (χ3n) is 5.34. The Bertz CT molecular complexity index is 883. The molecule has 3 aromatic rings. The van der Waals surface area contributed by atoms with Crippen LogP contribution in [0.3, 0.4) is 0 Å². The lowest BCUT2D eigenvalue weighted by molar-refractivity contribution is -0.364. The van der Waals surface area contributed by atoms with Gasteiger partial charge in [-0.05, 0) is 37.3 Å². The van der Waals surface area contributed by atoms with Crippen molar-refractivity contribution in [3.63, 3.8) is 0 Å². The average molecular weight is 352 g/mol. The highest BCUT2D eigenvalue weighted by atomic mass is 32.1. The molecule has 128 valence electrons. The van der Waals surface area contributed by atoms with Crippen LogP contribution in [0.4, 0.5) is 11.6 Å². The van der Waals surface area contributed by atoms with Gasteiger partial charge in [-0.3, -0.25) is 4.90 Å². The van der Waals surface area contributed by atoms with E-state index in [9.17, 15) is 0 Å². The molecule has 1 N–H and O–H groups in total. The van der Waals surface area contributed by atoms with E-state index in [0.717, 1.165) is 32.0 Å². The van der Waals surface area contributed by atoms with Crippen LogP contribution in [0, 0.1) is 0 Å². The van der Waals surface area contributed by atoms with Crippen LogP contribution in [0.1, 0.15) is 23.3 Å². The Kier molecular flexibility index (Phi) is 3.77. The van der Waals surface area contributed by atoms with E-state index < -0.39 is 0 Å². The van der Waals surface area contributed by atoms with Gasteiger partial charge in [0.1, 0.15) is 30.1 Å². The number of H-pyrrole nitrogens is 1. The van der Waals surface area contributed by atoms with E-state index >= 15 is 0 Å². The first-order valence-electron chi connectivity index (χ1n) is 9.12. The summed E-state index contributed by atoms with van der Waals surface area (Å²) in [4.78, 5) is 20.2. The molecule has 1 aliphatic carbocycles. The van der Waals surface area contributed by atoms with E-state index in [-0.39, 0.29) is 0 Å². The van der Waals surface area contributed by atoms with Crippen LogP contribution in [0.25, 0.3) is 10.2 Å². The molecule has 0 bridgehead atoms. The second kappa shape index (κ2) is 6.26. The number of hydrogen-bond donors (Lipinski definition) is 0. The SMILES string of the molecule is c1ccc(N2CCN(c3ncnc4sc5c(c34)CCCC5)CC2)[nH+]c1. The van der Waals surface area contributed by atoms with Crippen molar-refractivity contribution in [2.75, 3.05) is 36.0 Å². The van der Waals surface area contributed by atoms with Crippen LogP contribution >= 0.6 is 11.3 Å². The van der Waals surface area contributed by atoms with Crippen molar-refractivity contribution >= 4 is 33.2 Å². The van der Waals surface area contributed by atoms with E-state index in [1.165, 1.54) is 47.3 Å². The molecule has 4 heterocycles. The first kappa shape index (κ1) is 15.1. The smallest absolute Gasteiger partial charge is 0.274 e. The van der Waals surface area contributed by atoms with Gasteiger partial charge >= 0.3 is 0 Å². The molecule has 0 atom stereocenters. The monoisotopic (exact) mass is 352 g/mol. The Hall–Kier alpha value is -2.21. The fraction of sp³-hybridized carbons (Fsp3) is 0.421. The fourth-order valence-electron chi connectivity index (χ4n) is 4.05. The number of aromatic amines is 1. The van der Waals surface area contributed by atoms with E-state index in [2.05, 4.69) is 31.9 Å². The Balaban J connectivity index is 1.44. The third kappa shape index (κ3) is 2.65. The molecule has 5 nitrogen and oxygen atoms in total. The number of pyridine rings is 1. The quantitative estimate of drug-likeness (QED) is 0.711. The van der Waals surface area contributed by atoms with E-state index in [1.54, 1.807) is 11.2 Å². The molecule has 1 fully saturated rings. The zero-order valence-corrected chi connectivity index (χ0v) is 15.1. The maximum Gasteiger partial charge on any atom is 0.274 e. The van der Waals surface area contributed by atoms with Crippen molar-refractivity contribution in [1.29, 1.82) is 0 Å². The number of fused-ring (bicyclic) bond motifs is 3. The number of nitrogens with one attached hydrogen (secondary N) is 1. The second-order valence-electron chi connectivity index (χ2n) is 6.81. The highest BCUT2D eigenvalue weighted by Gasteiger charge is 2.27. The Morgan fingerprint density at radius 1 is 0.960 bits per heavy atom. The predicted molar refractivity (Wildman–Crippen MR) is 101 cm³/mol. The van der Waals surface area contributed by atoms with E-state index in [0.29, 0.717) is 0 Å². The minimum Gasteiger partial charge on any atom is -0.348 e. The molecule has 5 rings (SSSR count). The molecule has 1 aliphatic heterocycles. The first-order chi connectivity index (χ1) is 12.4. The van der Waals surface area contributed by atoms with Crippen molar-refractivity contribution < 1.29 is 4.98 Å².